The highest BCUT2D eigenvalue weighted by Crippen LogP contribution is 2.29. The van der Waals surface area contributed by atoms with E-state index in [1.165, 1.54) is 6.92 Å². The molecule has 0 aliphatic carbocycles. The third-order valence-corrected chi connectivity index (χ3v) is 3.86. The Labute approximate surface area is 184 Å². The summed E-state index contributed by atoms with van der Waals surface area (Å²) in [7, 11) is 0. The molecule has 1 aliphatic heterocycles. The number of ether oxygens (including phenoxy) is 7. The van der Waals surface area contributed by atoms with Gasteiger partial charge in [-0.25, -0.2) is 0 Å². The Kier molecular flexibility index (Phi) is 12.0. The molecule has 0 radical (unpaired) electrons. The molecule has 0 N–H and O–H groups in total. The molecular formula is C18H27N3O11. The van der Waals surface area contributed by atoms with Crippen LogP contribution in [0.3, 0.4) is 0 Å². The summed E-state index contributed by atoms with van der Waals surface area (Å²) in [6.07, 6.45) is -6.20. The lowest BCUT2D eigenvalue weighted by atomic mass is 9.98. The maximum Gasteiger partial charge on any atom is 0.303 e. The number of hydrogen-bond acceptors (Lipinski definition) is 12. The van der Waals surface area contributed by atoms with Crippen LogP contribution in [0.25, 0.3) is 10.4 Å². The van der Waals surface area contributed by atoms with Gasteiger partial charge < -0.3 is 33.2 Å². The molecule has 0 spiro atoms. The first-order valence-corrected chi connectivity index (χ1v) is 9.66. The Morgan fingerprint density at radius 1 is 0.844 bits per heavy atom. The first-order valence-electron chi connectivity index (χ1n) is 9.66. The van der Waals surface area contributed by atoms with Gasteiger partial charge in [0.05, 0.1) is 19.8 Å². The van der Waals surface area contributed by atoms with E-state index in [4.69, 9.17) is 38.7 Å². The van der Waals surface area contributed by atoms with Crippen molar-refractivity contribution < 1.29 is 52.3 Å². The van der Waals surface area contributed by atoms with Crippen molar-refractivity contribution in [3.63, 3.8) is 0 Å². The molecule has 0 aromatic rings. The fourth-order valence-corrected chi connectivity index (χ4v) is 2.80. The smallest absolute Gasteiger partial charge is 0.303 e. The van der Waals surface area contributed by atoms with Gasteiger partial charge >= 0.3 is 23.9 Å². The molecule has 1 saturated heterocycles. The van der Waals surface area contributed by atoms with Gasteiger partial charge in [0, 0.05) is 39.2 Å². The van der Waals surface area contributed by atoms with Gasteiger partial charge in [0.15, 0.2) is 24.6 Å². The SMILES string of the molecule is CC(=O)OCC1O[C@H](OCCOCCN=[N+]=[N-])C(OC(C)=O)[C@H](OC(C)=O)[C@@H]1OC(C)=O. The van der Waals surface area contributed by atoms with E-state index in [1.807, 2.05) is 0 Å². The fourth-order valence-electron chi connectivity index (χ4n) is 2.80. The average molecular weight is 461 g/mol. The topological polar surface area (TPSA) is 182 Å². The Hall–Kier alpha value is -2.93. The summed E-state index contributed by atoms with van der Waals surface area (Å²) in [5, 5.41) is 3.32. The molecule has 1 fully saturated rings. The van der Waals surface area contributed by atoms with Crippen molar-refractivity contribution in [3.05, 3.63) is 10.4 Å². The summed E-state index contributed by atoms with van der Waals surface area (Å²) in [6, 6.07) is 0. The van der Waals surface area contributed by atoms with Crippen LogP contribution in [0.2, 0.25) is 0 Å². The summed E-state index contributed by atoms with van der Waals surface area (Å²) >= 11 is 0. The second-order valence-electron chi connectivity index (χ2n) is 6.51. The summed E-state index contributed by atoms with van der Waals surface area (Å²) in [5.74, 6) is -2.81. The molecule has 0 aromatic carbocycles. The van der Waals surface area contributed by atoms with Gasteiger partial charge in [0.25, 0.3) is 0 Å². The molecule has 1 aliphatic rings. The predicted octanol–water partition coefficient (Wildman–Crippen LogP) is 0.413. The van der Waals surface area contributed by atoms with Gasteiger partial charge in [-0.1, -0.05) is 5.11 Å². The minimum atomic E-state index is -1.30. The largest absolute Gasteiger partial charge is 0.463 e. The average Bonchev–Trinajstić information content (AvgIpc) is 2.68. The van der Waals surface area contributed by atoms with Gasteiger partial charge in [-0.15, -0.1) is 0 Å². The minimum absolute atomic E-state index is 0.0377. The standard InChI is InChI=1S/C18H27N3O11/c1-10(22)28-9-14-15(29-11(2)23)16(30-12(3)24)17(31-13(4)25)18(32-14)27-8-7-26-6-5-20-21-19/h14-18H,5-9H2,1-4H3/t14?,15-,16-,17?,18+/m1/s1. The van der Waals surface area contributed by atoms with E-state index < -0.39 is 54.6 Å². The molecule has 0 amide bonds. The van der Waals surface area contributed by atoms with E-state index in [0.717, 1.165) is 20.8 Å². The van der Waals surface area contributed by atoms with Crippen LogP contribution in [0.5, 0.6) is 0 Å². The van der Waals surface area contributed by atoms with Crippen LogP contribution in [-0.2, 0) is 52.3 Å². The van der Waals surface area contributed by atoms with Crippen molar-refractivity contribution >= 4 is 23.9 Å². The molecule has 5 atom stereocenters. The number of nitrogens with zero attached hydrogens (tertiary/aromatic N) is 3. The molecule has 2 unspecified atom stereocenters. The van der Waals surface area contributed by atoms with E-state index in [0.29, 0.717) is 0 Å². The lowest BCUT2D eigenvalue weighted by molar-refractivity contribution is -0.309. The van der Waals surface area contributed by atoms with Crippen LogP contribution in [0.4, 0.5) is 0 Å². The monoisotopic (exact) mass is 461 g/mol. The number of carbonyl (C=O) groups excluding carboxylic acids is 4. The van der Waals surface area contributed by atoms with E-state index in [1.54, 1.807) is 0 Å². The van der Waals surface area contributed by atoms with Crippen molar-refractivity contribution in [1.82, 2.24) is 0 Å². The lowest BCUT2D eigenvalue weighted by Crippen LogP contribution is -2.63. The molecule has 1 rings (SSSR count). The van der Waals surface area contributed by atoms with Gasteiger partial charge in [-0.3, -0.25) is 19.2 Å². The molecular weight excluding hydrogens is 434 g/mol. The molecule has 14 heteroatoms. The van der Waals surface area contributed by atoms with Gasteiger partial charge in [-0.05, 0) is 5.53 Å². The maximum absolute atomic E-state index is 11.7. The predicted molar refractivity (Wildman–Crippen MR) is 103 cm³/mol. The number of azide groups is 1. The van der Waals surface area contributed by atoms with Crippen LogP contribution in [0, 0.1) is 0 Å². The first-order chi connectivity index (χ1) is 15.1. The molecule has 180 valence electrons. The highest BCUT2D eigenvalue weighted by atomic mass is 16.7. The summed E-state index contributed by atoms with van der Waals surface area (Å²) in [5.41, 5.74) is 8.23. The van der Waals surface area contributed by atoms with Gasteiger partial charge in [-0.2, -0.15) is 0 Å². The normalized spacial score (nSPS) is 24.6. The summed E-state index contributed by atoms with van der Waals surface area (Å²) in [4.78, 5) is 48.9. The Morgan fingerprint density at radius 2 is 1.44 bits per heavy atom. The number of hydrogen-bond donors (Lipinski definition) is 0. The molecule has 32 heavy (non-hydrogen) atoms. The highest BCUT2D eigenvalue weighted by molar-refractivity contribution is 5.68. The van der Waals surface area contributed by atoms with Crippen molar-refractivity contribution in [2.45, 2.75) is 58.4 Å². The van der Waals surface area contributed by atoms with Crippen LogP contribution in [-0.4, -0.2) is 87.6 Å². The van der Waals surface area contributed by atoms with Crippen LogP contribution in [0.1, 0.15) is 27.7 Å². The molecule has 1 heterocycles. The van der Waals surface area contributed by atoms with Crippen molar-refractivity contribution in [2.75, 3.05) is 33.0 Å². The Morgan fingerprint density at radius 3 is 2.00 bits per heavy atom. The van der Waals surface area contributed by atoms with Crippen LogP contribution in [0.15, 0.2) is 5.11 Å². The number of rotatable bonds is 12. The molecule has 0 saturated carbocycles. The zero-order valence-electron chi connectivity index (χ0n) is 18.3. The van der Waals surface area contributed by atoms with E-state index in [-0.39, 0.29) is 33.0 Å². The minimum Gasteiger partial charge on any atom is -0.463 e. The summed E-state index contributed by atoms with van der Waals surface area (Å²) < 4.78 is 37.3. The number of esters is 4. The van der Waals surface area contributed by atoms with Crippen molar-refractivity contribution in [2.24, 2.45) is 5.11 Å². The molecule has 14 nitrogen and oxygen atoms in total. The van der Waals surface area contributed by atoms with E-state index in [2.05, 4.69) is 10.0 Å². The Bertz CT molecular complexity index is 710. The lowest BCUT2D eigenvalue weighted by Gasteiger charge is -2.44. The maximum atomic E-state index is 11.7. The Balaban J connectivity index is 3.05. The quantitative estimate of drug-likeness (QED) is 0.0980. The van der Waals surface area contributed by atoms with Crippen molar-refractivity contribution in [3.8, 4) is 0 Å². The summed E-state index contributed by atoms with van der Waals surface area (Å²) in [6.45, 7) is 4.55. The third kappa shape index (κ3) is 9.92. The number of carbonyl (C=O) groups is 4. The second kappa shape index (κ2) is 14.2. The molecule has 0 bridgehead atoms. The van der Waals surface area contributed by atoms with E-state index in [9.17, 15) is 19.2 Å². The first kappa shape index (κ1) is 27.1. The van der Waals surface area contributed by atoms with Gasteiger partial charge in [0.2, 0.25) is 0 Å². The highest BCUT2D eigenvalue weighted by Gasteiger charge is 2.52. The fraction of sp³-hybridized carbons (Fsp3) is 0.778. The van der Waals surface area contributed by atoms with Crippen LogP contribution < -0.4 is 0 Å². The van der Waals surface area contributed by atoms with Gasteiger partial charge in [0.1, 0.15) is 12.7 Å². The zero-order valence-corrected chi connectivity index (χ0v) is 18.3. The molecule has 0 aromatic heterocycles. The van der Waals surface area contributed by atoms with E-state index >= 15 is 0 Å². The third-order valence-electron chi connectivity index (χ3n) is 3.86. The zero-order chi connectivity index (χ0) is 24.1. The van der Waals surface area contributed by atoms with Crippen molar-refractivity contribution in [1.29, 1.82) is 0 Å². The van der Waals surface area contributed by atoms with Crippen LogP contribution >= 0.6 is 0 Å². The second-order valence-corrected chi connectivity index (χ2v) is 6.51.